The minimum absolute atomic E-state index is 0.124. The fourth-order valence-corrected chi connectivity index (χ4v) is 4.37. The molecule has 1 atom stereocenters. The van der Waals surface area contributed by atoms with E-state index in [0.29, 0.717) is 33.1 Å². The Labute approximate surface area is 241 Å². The molecule has 0 aliphatic heterocycles. The maximum atomic E-state index is 13.5. The lowest BCUT2D eigenvalue weighted by Gasteiger charge is -2.18. The van der Waals surface area contributed by atoms with Crippen LogP contribution in [0.25, 0.3) is 22.9 Å². The van der Waals surface area contributed by atoms with Gasteiger partial charge >= 0.3 is 0 Å². The first-order chi connectivity index (χ1) is 20.3. The van der Waals surface area contributed by atoms with E-state index >= 15 is 0 Å². The molecule has 0 aliphatic rings. The van der Waals surface area contributed by atoms with Crippen molar-refractivity contribution in [2.75, 3.05) is 0 Å². The lowest BCUT2D eigenvalue weighted by molar-refractivity contribution is -0.384. The van der Waals surface area contributed by atoms with Crippen molar-refractivity contribution in [1.29, 1.82) is 0 Å². The summed E-state index contributed by atoms with van der Waals surface area (Å²) in [6.45, 7) is 0. The summed E-state index contributed by atoms with van der Waals surface area (Å²) >= 11 is 6.17. The van der Waals surface area contributed by atoms with Gasteiger partial charge in [-0.25, -0.2) is 9.49 Å². The van der Waals surface area contributed by atoms with Crippen molar-refractivity contribution in [2.24, 2.45) is 0 Å². The molecule has 0 aliphatic carbocycles. The van der Waals surface area contributed by atoms with Crippen molar-refractivity contribution in [3.05, 3.63) is 133 Å². The van der Waals surface area contributed by atoms with Gasteiger partial charge < -0.3 is 5.32 Å². The second-order valence-electron chi connectivity index (χ2n) is 9.02. The topological polar surface area (TPSA) is 162 Å². The molecular weight excluding hydrogens is 567 g/mol. The zero-order valence-electron chi connectivity index (χ0n) is 21.5. The highest BCUT2D eigenvalue weighted by molar-refractivity contribution is 6.30. The summed E-state index contributed by atoms with van der Waals surface area (Å²) in [4.78, 5) is 36.3. The van der Waals surface area contributed by atoms with Crippen LogP contribution in [0.2, 0.25) is 5.02 Å². The van der Waals surface area contributed by atoms with Crippen LogP contribution in [0.15, 0.2) is 90.0 Å². The fraction of sp³-hybridized carbons (Fsp3) is 0.0714. The van der Waals surface area contributed by atoms with E-state index in [9.17, 15) is 24.1 Å². The number of tetrazole rings is 1. The molecule has 2 heterocycles. The van der Waals surface area contributed by atoms with Gasteiger partial charge in [0.25, 0.3) is 11.2 Å². The van der Waals surface area contributed by atoms with Crippen LogP contribution in [0, 0.1) is 15.9 Å². The summed E-state index contributed by atoms with van der Waals surface area (Å²) in [6.07, 6.45) is 4.48. The number of hydrogen-bond acceptors (Lipinski definition) is 8. The average Bonchev–Trinajstić information content (AvgIpc) is 3.52. The van der Waals surface area contributed by atoms with Crippen LogP contribution >= 0.6 is 11.6 Å². The number of carbonyl (C=O) groups excluding carboxylic acids is 1. The molecule has 3 aromatic carbocycles. The number of halogens is 2. The monoisotopic (exact) mass is 586 g/mol. The summed E-state index contributed by atoms with van der Waals surface area (Å²) < 4.78 is 15.0. The fourth-order valence-electron chi connectivity index (χ4n) is 4.19. The van der Waals surface area contributed by atoms with Gasteiger partial charge in [0.15, 0.2) is 0 Å². The third-order valence-corrected chi connectivity index (χ3v) is 6.47. The van der Waals surface area contributed by atoms with E-state index in [1.54, 1.807) is 36.4 Å². The van der Waals surface area contributed by atoms with Crippen LogP contribution in [0.5, 0.6) is 0 Å². The third-order valence-electron chi connectivity index (χ3n) is 6.24. The van der Waals surface area contributed by atoms with Gasteiger partial charge in [0.1, 0.15) is 12.1 Å². The first-order valence-electron chi connectivity index (χ1n) is 12.4. The molecule has 0 bridgehead atoms. The van der Waals surface area contributed by atoms with Crippen molar-refractivity contribution >= 4 is 29.3 Å². The summed E-state index contributed by atoms with van der Waals surface area (Å²) in [6, 6.07) is 17.0. The quantitative estimate of drug-likeness (QED) is 0.147. The number of amides is 1. The van der Waals surface area contributed by atoms with E-state index in [4.69, 9.17) is 11.6 Å². The second-order valence-corrected chi connectivity index (χ2v) is 9.46. The van der Waals surface area contributed by atoms with Gasteiger partial charge in [-0.2, -0.15) is 9.78 Å². The number of benzene rings is 3. The first kappa shape index (κ1) is 28.0. The maximum absolute atomic E-state index is 13.5. The summed E-state index contributed by atoms with van der Waals surface area (Å²) in [5, 5.41) is 32.1. The Morgan fingerprint density at radius 1 is 1.12 bits per heavy atom. The first-order valence-corrected chi connectivity index (χ1v) is 12.7. The summed E-state index contributed by atoms with van der Waals surface area (Å²) in [7, 11) is 0. The van der Waals surface area contributed by atoms with Crippen LogP contribution in [0.4, 0.5) is 10.1 Å². The number of nitrogens with one attached hydrogen (secondary N) is 2. The number of aromatic amines is 1. The van der Waals surface area contributed by atoms with Gasteiger partial charge in [0.05, 0.1) is 27.9 Å². The predicted molar refractivity (Wildman–Crippen MR) is 151 cm³/mol. The van der Waals surface area contributed by atoms with Gasteiger partial charge in [0.2, 0.25) is 5.91 Å². The molecule has 2 N–H and O–H groups in total. The highest BCUT2D eigenvalue weighted by Crippen LogP contribution is 2.24. The van der Waals surface area contributed by atoms with Gasteiger partial charge in [0, 0.05) is 28.8 Å². The molecule has 210 valence electrons. The van der Waals surface area contributed by atoms with E-state index < -0.39 is 28.2 Å². The molecule has 42 heavy (non-hydrogen) atoms. The van der Waals surface area contributed by atoms with E-state index in [0.717, 1.165) is 0 Å². The van der Waals surface area contributed by atoms with Crippen LogP contribution in [-0.4, -0.2) is 41.2 Å². The van der Waals surface area contributed by atoms with Gasteiger partial charge in [-0.1, -0.05) is 23.7 Å². The van der Waals surface area contributed by atoms with Crippen molar-refractivity contribution < 1.29 is 14.1 Å². The Kier molecular flexibility index (Phi) is 8.20. The van der Waals surface area contributed by atoms with Crippen molar-refractivity contribution in [1.82, 2.24) is 35.7 Å². The number of H-pyrrole nitrogens is 1. The van der Waals surface area contributed by atoms with Gasteiger partial charge in [-0.3, -0.25) is 19.7 Å². The molecule has 0 fully saturated rings. The van der Waals surface area contributed by atoms with Crippen molar-refractivity contribution in [3.8, 4) is 16.8 Å². The SMILES string of the molecule is O=C(/C=C/c1cc(Cl)ccc1-n1cnnn1)N[C@@H](Cc1ccc(F)cc1)c1cc(-c2ccc([N+](=O)[O-])cc2)c(=O)[nH]n1. The minimum atomic E-state index is -0.750. The van der Waals surface area contributed by atoms with Crippen LogP contribution in [0.3, 0.4) is 0 Å². The summed E-state index contributed by atoms with van der Waals surface area (Å²) in [5.41, 5.74) is 2.16. The number of hydrogen-bond donors (Lipinski definition) is 2. The lowest BCUT2D eigenvalue weighted by Crippen LogP contribution is -2.30. The number of non-ortho nitro benzene ring substituents is 1. The molecule has 0 saturated heterocycles. The molecule has 0 saturated carbocycles. The zero-order chi connectivity index (χ0) is 29.6. The Balaban J connectivity index is 1.45. The third kappa shape index (κ3) is 6.59. The van der Waals surface area contributed by atoms with Crippen LogP contribution in [0.1, 0.15) is 22.9 Å². The second kappa shape index (κ2) is 12.3. The molecule has 0 radical (unpaired) electrons. The van der Waals surface area contributed by atoms with Crippen LogP contribution < -0.4 is 10.9 Å². The van der Waals surface area contributed by atoms with Gasteiger partial charge in [-0.15, -0.1) is 5.10 Å². The molecule has 14 heteroatoms. The smallest absolute Gasteiger partial charge is 0.272 e. The summed E-state index contributed by atoms with van der Waals surface area (Å²) in [5.74, 6) is -0.903. The molecule has 5 rings (SSSR count). The molecule has 12 nitrogen and oxygen atoms in total. The molecular formula is C28H20ClFN8O4. The van der Waals surface area contributed by atoms with Gasteiger partial charge in [-0.05, 0) is 82.6 Å². The number of nitrogens with zero attached hydrogens (tertiary/aromatic N) is 6. The number of aromatic nitrogens is 6. The minimum Gasteiger partial charge on any atom is -0.344 e. The highest BCUT2D eigenvalue weighted by atomic mass is 35.5. The average molecular weight is 587 g/mol. The van der Waals surface area contributed by atoms with Crippen molar-refractivity contribution in [3.63, 3.8) is 0 Å². The molecule has 1 amide bonds. The standard InChI is InChI=1S/C28H20ClFN8O4/c29-20-6-11-26(37-16-31-35-36-37)19(14-20)5-12-27(39)32-24(13-17-1-7-21(30)8-2-17)25-15-23(28(40)34-33-25)18-3-9-22(10-4-18)38(41)42/h1-12,14-16,24H,13H2,(H,32,39)(H,34,40)/b12-5+/t24-/m0/s1. The molecule has 5 aromatic rings. The number of carbonyl (C=O) groups is 1. The Morgan fingerprint density at radius 2 is 1.88 bits per heavy atom. The van der Waals surface area contributed by atoms with E-state index in [2.05, 4.69) is 31.0 Å². The Hall–Kier alpha value is -5.56. The van der Waals surface area contributed by atoms with Crippen molar-refractivity contribution in [2.45, 2.75) is 12.5 Å². The lowest BCUT2D eigenvalue weighted by atomic mass is 10.00. The predicted octanol–water partition coefficient (Wildman–Crippen LogP) is 4.23. The van der Waals surface area contributed by atoms with E-state index in [-0.39, 0.29) is 17.7 Å². The number of rotatable bonds is 9. The highest BCUT2D eigenvalue weighted by Gasteiger charge is 2.19. The van der Waals surface area contributed by atoms with E-state index in [1.807, 2.05) is 0 Å². The zero-order valence-corrected chi connectivity index (χ0v) is 22.3. The molecule has 0 spiro atoms. The number of nitro benzene ring substituents is 1. The molecule has 2 aromatic heterocycles. The number of nitro groups is 1. The van der Waals surface area contributed by atoms with E-state index in [1.165, 1.54) is 59.5 Å². The molecule has 0 unspecified atom stereocenters. The Morgan fingerprint density at radius 3 is 2.57 bits per heavy atom. The largest absolute Gasteiger partial charge is 0.344 e. The normalized spacial score (nSPS) is 11.9. The van der Waals surface area contributed by atoms with Crippen LogP contribution in [-0.2, 0) is 11.2 Å². The Bertz CT molecular complexity index is 1820. The maximum Gasteiger partial charge on any atom is 0.272 e.